The number of ether oxygens (including phenoxy) is 2. The van der Waals surface area contributed by atoms with E-state index >= 15 is 0 Å². The van der Waals surface area contributed by atoms with E-state index in [1.54, 1.807) is 65.0 Å². The van der Waals surface area contributed by atoms with Crippen LogP contribution in [0.5, 0.6) is 0 Å². The predicted molar refractivity (Wildman–Crippen MR) is 140 cm³/mol. The number of hydrogen-bond donors (Lipinski definition) is 4. The van der Waals surface area contributed by atoms with Crippen molar-refractivity contribution in [1.29, 1.82) is 0 Å². The van der Waals surface area contributed by atoms with Crippen LogP contribution in [0.15, 0.2) is 30.3 Å². The second kappa shape index (κ2) is 14.9. The van der Waals surface area contributed by atoms with Crippen LogP contribution in [0.4, 0.5) is 9.59 Å². The molecule has 0 saturated heterocycles. The molecule has 12 nitrogen and oxygen atoms in total. The molecule has 0 fully saturated rings. The fourth-order valence-corrected chi connectivity index (χ4v) is 3.19. The van der Waals surface area contributed by atoms with Gasteiger partial charge in [0.05, 0.1) is 18.6 Å². The van der Waals surface area contributed by atoms with E-state index in [1.165, 1.54) is 0 Å². The zero-order valence-electron chi connectivity index (χ0n) is 23.2. The average Bonchev–Trinajstić information content (AvgIpc) is 2.79. The van der Waals surface area contributed by atoms with Gasteiger partial charge in [0.1, 0.15) is 11.6 Å². The van der Waals surface area contributed by atoms with E-state index in [0.29, 0.717) is 12.0 Å². The van der Waals surface area contributed by atoms with Crippen LogP contribution in [0, 0.1) is 5.92 Å². The number of amides is 4. The molecule has 2 atom stereocenters. The average molecular weight is 536 g/mol. The summed E-state index contributed by atoms with van der Waals surface area (Å²) in [5, 5.41) is 5.75. The number of esters is 1. The monoisotopic (exact) mass is 535 g/mol. The van der Waals surface area contributed by atoms with Gasteiger partial charge in [-0.2, -0.15) is 0 Å². The molecule has 1 aromatic rings. The van der Waals surface area contributed by atoms with Crippen molar-refractivity contribution in [2.45, 2.75) is 85.0 Å². The van der Waals surface area contributed by atoms with Gasteiger partial charge in [-0.15, -0.1) is 0 Å². The van der Waals surface area contributed by atoms with Crippen LogP contribution in [0.1, 0.15) is 60.5 Å². The van der Waals surface area contributed by atoms with Gasteiger partial charge < -0.3 is 25.8 Å². The van der Waals surface area contributed by atoms with Crippen molar-refractivity contribution in [1.82, 2.24) is 21.1 Å². The van der Waals surface area contributed by atoms with Crippen LogP contribution < -0.4 is 21.8 Å². The first-order valence-corrected chi connectivity index (χ1v) is 12.5. The van der Waals surface area contributed by atoms with Crippen molar-refractivity contribution in [2.75, 3.05) is 6.54 Å². The Bertz CT molecular complexity index is 960. The van der Waals surface area contributed by atoms with Gasteiger partial charge in [-0.05, 0) is 52.5 Å². The quantitative estimate of drug-likeness (QED) is 0.200. The summed E-state index contributed by atoms with van der Waals surface area (Å²) in [5.41, 5.74) is 7.97. The number of carbonyl (C=O) groups excluding carboxylic acids is 5. The fourth-order valence-electron chi connectivity index (χ4n) is 3.19. The predicted octanol–water partition coefficient (Wildman–Crippen LogP) is 2.02. The Labute approximate surface area is 223 Å². The highest BCUT2D eigenvalue weighted by molar-refractivity contribution is 5.93. The normalized spacial score (nSPS) is 12.8. The minimum Gasteiger partial charge on any atom is -0.443 e. The number of nitrogens with one attached hydrogen (secondary N) is 3. The van der Waals surface area contributed by atoms with Gasteiger partial charge in [-0.3, -0.25) is 9.59 Å². The Morgan fingerprint density at radius 2 is 1.61 bits per heavy atom. The van der Waals surface area contributed by atoms with E-state index < -0.39 is 60.2 Å². The third-order valence-electron chi connectivity index (χ3n) is 4.90. The number of hydrogen-bond acceptors (Lipinski definition) is 8. The fraction of sp³-hybridized carbons (Fsp3) is 0.577. The Balaban J connectivity index is 2.92. The van der Waals surface area contributed by atoms with Gasteiger partial charge in [0.2, 0.25) is 11.8 Å². The standard InChI is InChI=1S/C26H41N5O7/c1-16(2)13-19(27)22(33)28-15-21(32)29-20(14-18-11-9-8-10-12-18)23(34)37-25(36)31(17(3)4)30-24(35)38-26(5,6)7/h8-12,16-17,19-20H,13-15,27H2,1-7H3,(H,28,33)(H,29,32)(H,30,35)/t19-,20-/m0/s1. The summed E-state index contributed by atoms with van der Waals surface area (Å²) in [4.78, 5) is 62.6. The van der Waals surface area contributed by atoms with Gasteiger partial charge in [-0.1, -0.05) is 44.2 Å². The van der Waals surface area contributed by atoms with Crippen molar-refractivity contribution in [3.63, 3.8) is 0 Å². The molecule has 0 radical (unpaired) electrons. The van der Waals surface area contributed by atoms with Crippen molar-refractivity contribution < 1.29 is 33.4 Å². The summed E-state index contributed by atoms with van der Waals surface area (Å²) in [6.07, 6.45) is -1.60. The zero-order chi connectivity index (χ0) is 29.0. The summed E-state index contributed by atoms with van der Waals surface area (Å²) in [5.74, 6) is -2.02. The summed E-state index contributed by atoms with van der Waals surface area (Å²) < 4.78 is 10.2. The summed E-state index contributed by atoms with van der Waals surface area (Å²) >= 11 is 0. The lowest BCUT2D eigenvalue weighted by Crippen LogP contribution is -2.54. The molecule has 0 saturated carbocycles. The Morgan fingerprint density at radius 1 is 1.00 bits per heavy atom. The molecular formula is C26H41N5O7. The number of nitrogens with two attached hydrogens (primary N) is 1. The number of carbonyl (C=O) groups is 5. The minimum atomic E-state index is -1.26. The lowest BCUT2D eigenvalue weighted by Gasteiger charge is -2.28. The minimum absolute atomic E-state index is 0.0146. The highest BCUT2D eigenvalue weighted by Crippen LogP contribution is 2.10. The molecule has 0 heterocycles. The van der Waals surface area contributed by atoms with Crippen LogP contribution in [0.3, 0.4) is 0 Å². The molecule has 0 aliphatic rings. The maximum atomic E-state index is 13.0. The van der Waals surface area contributed by atoms with E-state index in [2.05, 4.69) is 16.1 Å². The SMILES string of the molecule is CC(C)C[C@H](N)C(=O)NCC(=O)N[C@@H](Cc1ccccc1)C(=O)OC(=O)N(NC(=O)OC(C)(C)C)C(C)C. The van der Waals surface area contributed by atoms with Crippen molar-refractivity contribution >= 4 is 30.0 Å². The van der Waals surface area contributed by atoms with E-state index in [4.69, 9.17) is 15.2 Å². The first-order chi connectivity index (χ1) is 17.6. The molecule has 38 heavy (non-hydrogen) atoms. The molecular weight excluding hydrogens is 494 g/mol. The van der Waals surface area contributed by atoms with Gasteiger partial charge in [0.15, 0.2) is 0 Å². The number of hydrazine groups is 1. The highest BCUT2D eigenvalue weighted by atomic mass is 16.6. The van der Waals surface area contributed by atoms with Gasteiger partial charge in [0, 0.05) is 6.42 Å². The Morgan fingerprint density at radius 3 is 2.13 bits per heavy atom. The summed E-state index contributed by atoms with van der Waals surface area (Å²) in [6, 6.07) is 6.17. The van der Waals surface area contributed by atoms with Crippen LogP contribution in [-0.2, 0) is 30.3 Å². The molecule has 12 heteroatoms. The van der Waals surface area contributed by atoms with Gasteiger partial charge in [-0.25, -0.2) is 24.8 Å². The van der Waals surface area contributed by atoms with Gasteiger partial charge >= 0.3 is 18.2 Å². The molecule has 0 aliphatic heterocycles. The molecule has 0 unspecified atom stereocenters. The first-order valence-electron chi connectivity index (χ1n) is 12.5. The van der Waals surface area contributed by atoms with E-state index in [9.17, 15) is 24.0 Å². The Kier molecular flexibility index (Phi) is 12.7. The first kappa shape index (κ1) is 32.4. The maximum absolute atomic E-state index is 13.0. The summed E-state index contributed by atoms with van der Waals surface area (Å²) in [7, 11) is 0. The molecule has 1 rings (SSSR count). The third-order valence-corrected chi connectivity index (χ3v) is 4.90. The van der Waals surface area contributed by atoms with Crippen LogP contribution in [0.25, 0.3) is 0 Å². The maximum Gasteiger partial charge on any atom is 0.436 e. The highest BCUT2D eigenvalue weighted by Gasteiger charge is 2.30. The largest absolute Gasteiger partial charge is 0.443 e. The molecule has 0 spiro atoms. The van der Waals surface area contributed by atoms with Crippen LogP contribution in [0.2, 0.25) is 0 Å². The third kappa shape index (κ3) is 12.5. The van der Waals surface area contributed by atoms with Crippen molar-refractivity contribution in [3.8, 4) is 0 Å². The second-order valence-corrected chi connectivity index (χ2v) is 10.5. The lowest BCUT2D eigenvalue weighted by molar-refractivity contribution is -0.143. The van der Waals surface area contributed by atoms with E-state index in [1.807, 2.05) is 13.8 Å². The Hall–Kier alpha value is -3.67. The van der Waals surface area contributed by atoms with Gasteiger partial charge in [0.25, 0.3) is 0 Å². The molecule has 5 N–H and O–H groups in total. The van der Waals surface area contributed by atoms with Crippen molar-refractivity contribution in [2.24, 2.45) is 11.7 Å². The molecule has 0 bridgehead atoms. The van der Waals surface area contributed by atoms with E-state index in [0.717, 1.165) is 5.01 Å². The van der Waals surface area contributed by atoms with Crippen LogP contribution >= 0.6 is 0 Å². The second-order valence-electron chi connectivity index (χ2n) is 10.5. The zero-order valence-corrected chi connectivity index (χ0v) is 23.2. The number of nitrogens with zero attached hydrogens (tertiary/aromatic N) is 1. The number of rotatable bonds is 10. The van der Waals surface area contributed by atoms with E-state index in [-0.39, 0.29) is 12.3 Å². The molecule has 0 aliphatic carbocycles. The molecule has 1 aromatic carbocycles. The smallest absolute Gasteiger partial charge is 0.436 e. The van der Waals surface area contributed by atoms with Crippen molar-refractivity contribution in [3.05, 3.63) is 35.9 Å². The molecule has 4 amide bonds. The molecule has 212 valence electrons. The summed E-state index contributed by atoms with van der Waals surface area (Å²) in [6.45, 7) is 11.6. The number of benzene rings is 1. The topological polar surface area (TPSA) is 169 Å². The van der Waals surface area contributed by atoms with Crippen LogP contribution in [-0.4, -0.2) is 65.3 Å². The molecule has 0 aromatic heterocycles. The lowest BCUT2D eigenvalue weighted by atomic mass is 10.0.